The number of carbonyl (C=O) groups excluding carboxylic acids is 1. The van der Waals surface area contributed by atoms with Crippen LogP contribution in [0.15, 0.2) is 58.4 Å². The van der Waals surface area contributed by atoms with Gasteiger partial charge in [-0.1, -0.05) is 37.6 Å². The van der Waals surface area contributed by atoms with Gasteiger partial charge in [0.1, 0.15) is 22.6 Å². The van der Waals surface area contributed by atoms with E-state index in [4.69, 9.17) is 4.74 Å². The van der Waals surface area contributed by atoms with Crippen molar-refractivity contribution < 1.29 is 13.7 Å². The largest absolute Gasteiger partial charge is 0.494 e. The zero-order chi connectivity index (χ0) is 25.0. The fourth-order valence-electron chi connectivity index (χ4n) is 3.74. The van der Waals surface area contributed by atoms with Crippen molar-refractivity contribution in [3.05, 3.63) is 59.7 Å². The van der Waals surface area contributed by atoms with Crippen molar-refractivity contribution in [1.29, 1.82) is 0 Å². The number of rotatable bonds is 14. The SMILES string of the molecule is CCCCOc1ccc(S(=O)N(C)CCCC(=O)N(C)CCc2ccc(C3=NCCN3)cc2)cc1. The molecule has 0 saturated carbocycles. The highest BCUT2D eigenvalue weighted by atomic mass is 32.2. The molecule has 3 rings (SSSR count). The van der Waals surface area contributed by atoms with Crippen LogP contribution in [0.1, 0.15) is 43.7 Å². The summed E-state index contributed by atoms with van der Waals surface area (Å²) >= 11 is 0. The van der Waals surface area contributed by atoms with Crippen molar-refractivity contribution in [1.82, 2.24) is 14.5 Å². The van der Waals surface area contributed by atoms with Crippen LogP contribution in [-0.4, -0.2) is 72.0 Å². The Morgan fingerprint density at radius 2 is 1.80 bits per heavy atom. The lowest BCUT2D eigenvalue weighted by atomic mass is 10.1. The van der Waals surface area contributed by atoms with Crippen LogP contribution in [0, 0.1) is 0 Å². The first-order chi connectivity index (χ1) is 17.0. The van der Waals surface area contributed by atoms with E-state index in [2.05, 4.69) is 41.5 Å². The Labute approximate surface area is 212 Å². The first-order valence-electron chi connectivity index (χ1n) is 12.5. The molecule has 0 spiro atoms. The molecule has 1 aliphatic rings. The third-order valence-corrected chi connectivity index (χ3v) is 7.43. The van der Waals surface area contributed by atoms with E-state index in [0.29, 0.717) is 32.5 Å². The highest BCUT2D eigenvalue weighted by Gasteiger charge is 2.14. The third kappa shape index (κ3) is 8.47. The minimum Gasteiger partial charge on any atom is -0.494 e. The highest BCUT2D eigenvalue weighted by molar-refractivity contribution is 7.82. The molecule has 1 amide bonds. The van der Waals surface area contributed by atoms with Crippen LogP contribution in [0.4, 0.5) is 0 Å². The number of aliphatic imine (C=N–C) groups is 1. The predicted molar refractivity (Wildman–Crippen MR) is 142 cm³/mol. The maximum atomic E-state index is 12.8. The Morgan fingerprint density at radius 1 is 1.06 bits per heavy atom. The number of nitrogens with one attached hydrogen (secondary N) is 1. The number of likely N-dealkylation sites (N-methyl/N-ethyl adjacent to an activating group) is 1. The second-order valence-electron chi connectivity index (χ2n) is 8.80. The van der Waals surface area contributed by atoms with Gasteiger partial charge in [-0.25, -0.2) is 8.51 Å². The zero-order valence-corrected chi connectivity index (χ0v) is 22.0. The number of unbranched alkanes of at least 4 members (excludes halogenated alkanes) is 1. The van der Waals surface area contributed by atoms with Crippen molar-refractivity contribution in [2.24, 2.45) is 4.99 Å². The number of hydrogen-bond acceptors (Lipinski definition) is 5. The van der Waals surface area contributed by atoms with Crippen LogP contribution in [0.25, 0.3) is 0 Å². The van der Waals surface area contributed by atoms with Crippen molar-refractivity contribution >= 4 is 22.7 Å². The second kappa shape index (κ2) is 14.0. The molecule has 1 N–H and O–H groups in total. The third-order valence-electron chi connectivity index (χ3n) is 6.00. The normalized spacial score (nSPS) is 13.9. The van der Waals surface area contributed by atoms with Gasteiger partial charge in [-0.3, -0.25) is 9.79 Å². The van der Waals surface area contributed by atoms with Gasteiger partial charge in [-0.2, -0.15) is 0 Å². The maximum Gasteiger partial charge on any atom is 0.222 e. The Morgan fingerprint density at radius 3 is 2.46 bits per heavy atom. The number of carbonyl (C=O) groups is 1. The molecule has 7 nitrogen and oxygen atoms in total. The van der Waals surface area contributed by atoms with Crippen molar-refractivity contribution in [2.45, 2.75) is 43.9 Å². The van der Waals surface area contributed by atoms with E-state index in [1.807, 2.05) is 38.4 Å². The van der Waals surface area contributed by atoms with E-state index in [1.54, 1.807) is 9.21 Å². The maximum absolute atomic E-state index is 12.8. The number of ether oxygens (including phenoxy) is 1. The Balaban J connectivity index is 1.36. The lowest BCUT2D eigenvalue weighted by molar-refractivity contribution is -0.130. The molecule has 1 atom stereocenters. The van der Waals surface area contributed by atoms with Gasteiger partial charge in [0.15, 0.2) is 0 Å². The minimum atomic E-state index is -1.26. The van der Waals surface area contributed by atoms with E-state index < -0.39 is 11.0 Å². The summed E-state index contributed by atoms with van der Waals surface area (Å²) in [7, 11) is 2.41. The van der Waals surface area contributed by atoms with Crippen LogP contribution in [-0.2, 0) is 22.2 Å². The highest BCUT2D eigenvalue weighted by Crippen LogP contribution is 2.17. The first kappa shape index (κ1) is 26.9. The lowest BCUT2D eigenvalue weighted by Gasteiger charge is -2.19. The van der Waals surface area contributed by atoms with Gasteiger partial charge in [0, 0.05) is 45.7 Å². The summed E-state index contributed by atoms with van der Waals surface area (Å²) in [5, 5.41) is 3.28. The molecule has 8 heteroatoms. The van der Waals surface area contributed by atoms with Crippen LogP contribution >= 0.6 is 0 Å². The average Bonchev–Trinajstić information content (AvgIpc) is 3.42. The zero-order valence-electron chi connectivity index (χ0n) is 21.2. The second-order valence-corrected chi connectivity index (χ2v) is 10.4. The van der Waals surface area contributed by atoms with Gasteiger partial charge >= 0.3 is 0 Å². The summed E-state index contributed by atoms with van der Waals surface area (Å²) < 4.78 is 20.2. The van der Waals surface area contributed by atoms with Gasteiger partial charge in [0.2, 0.25) is 5.91 Å². The number of hydrogen-bond donors (Lipinski definition) is 1. The summed E-state index contributed by atoms with van der Waals surface area (Å²) in [6, 6.07) is 15.8. The van der Waals surface area contributed by atoms with E-state index >= 15 is 0 Å². The molecule has 0 aromatic heterocycles. The van der Waals surface area contributed by atoms with Crippen molar-refractivity contribution in [2.75, 3.05) is 46.9 Å². The number of amidine groups is 1. The van der Waals surface area contributed by atoms with E-state index in [-0.39, 0.29) is 5.91 Å². The number of amides is 1. The quantitative estimate of drug-likeness (QED) is 0.404. The van der Waals surface area contributed by atoms with E-state index in [0.717, 1.165) is 54.4 Å². The molecule has 1 unspecified atom stereocenters. The van der Waals surface area contributed by atoms with Crippen LogP contribution in [0.5, 0.6) is 5.75 Å². The van der Waals surface area contributed by atoms with Gasteiger partial charge in [0.25, 0.3) is 0 Å². The molecule has 35 heavy (non-hydrogen) atoms. The molecule has 0 fully saturated rings. The molecule has 0 aliphatic carbocycles. The van der Waals surface area contributed by atoms with Crippen molar-refractivity contribution in [3.63, 3.8) is 0 Å². The Bertz CT molecular complexity index is 992. The first-order valence-corrected chi connectivity index (χ1v) is 13.6. The number of nitrogens with zero attached hydrogens (tertiary/aromatic N) is 3. The van der Waals surface area contributed by atoms with Gasteiger partial charge in [-0.15, -0.1) is 0 Å². The number of benzene rings is 2. The molecular weight excluding hydrogens is 460 g/mol. The predicted octanol–water partition coefficient (Wildman–Crippen LogP) is 3.65. The van der Waals surface area contributed by atoms with Gasteiger partial charge < -0.3 is 15.0 Å². The van der Waals surface area contributed by atoms with E-state index in [1.165, 1.54) is 5.56 Å². The molecule has 1 heterocycles. The van der Waals surface area contributed by atoms with Gasteiger partial charge in [0.05, 0.1) is 18.0 Å². The molecule has 2 aromatic carbocycles. The summed E-state index contributed by atoms with van der Waals surface area (Å²) in [4.78, 5) is 19.5. The molecule has 0 radical (unpaired) electrons. The average molecular weight is 499 g/mol. The van der Waals surface area contributed by atoms with Crippen LogP contribution in [0.3, 0.4) is 0 Å². The fourth-order valence-corrected chi connectivity index (χ4v) is 4.76. The van der Waals surface area contributed by atoms with E-state index in [9.17, 15) is 9.00 Å². The Kier molecular flexibility index (Phi) is 10.8. The summed E-state index contributed by atoms with van der Waals surface area (Å²) in [6.07, 6.45) is 4.02. The monoisotopic (exact) mass is 498 g/mol. The molecule has 1 aliphatic heterocycles. The summed E-state index contributed by atoms with van der Waals surface area (Å²) in [6.45, 7) is 5.81. The Hall–Kier alpha value is -2.71. The molecule has 0 saturated heterocycles. The minimum absolute atomic E-state index is 0.110. The lowest BCUT2D eigenvalue weighted by Crippen LogP contribution is -2.30. The molecule has 2 aromatic rings. The van der Waals surface area contributed by atoms with Crippen molar-refractivity contribution in [3.8, 4) is 5.75 Å². The van der Waals surface area contributed by atoms with Crippen LogP contribution < -0.4 is 10.1 Å². The molecule has 0 bridgehead atoms. The fraction of sp³-hybridized carbons (Fsp3) is 0.481. The standard InChI is InChI=1S/C27H38N4O3S/c1-4-5-21-34-24-12-14-25(15-13-24)35(33)31(3)19-6-7-26(32)30(2)20-16-22-8-10-23(11-9-22)27-28-17-18-29-27/h8-15H,4-7,16-21H2,1-3H3,(H,28,29). The smallest absolute Gasteiger partial charge is 0.222 e. The molecular formula is C27H38N4O3S. The summed E-state index contributed by atoms with van der Waals surface area (Å²) in [5.41, 5.74) is 2.30. The van der Waals surface area contributed by atoms with Gasteiger partial charge in [-0.05, 0) is 49.1 Å². The molecule has 190 valence electrons. The van der Waals surface area contributed by atoms with Crippen LogP contribution in [0.2, 0.25) is 0 Å². The topological polar surface area (TPSA) is 74.2 Å². The summed E-state index contributed by atoms with van der Waals surface area (Å²) in [5.74, 6) is 1.87.